The molecular formula is C11H12N2O2. The Morgan fingerprint density at radius 3 is 3.13 bits per heavy atom. The summed E-state index contributed by atoms with van der Waals surface area (Å²) in [4.78, 5) is 13.8. The average Bonchev–Trinajstić information content (AvgIpc) is 2.72. The van der Waals surface area contributed by atoms with E-state index in [1.54, 1.807) is 24.3 Å². The third-order valence-electron chi connectivity index (χ3n) is 2.09. The lowest BCUT2D eigenvalue weighted by Gasteiger charge is -2.04. The molecule has 0 spiro atoms. The molecule has 15 heavy (non-hydrogen) atoms. The third-order valence-corrected chi connectivity index (χ3v) is 2.09. The SMILES string of the molecule is [2H][C@@](N)(C(=O)O)[13C]([2H])([2H])c1c[nH]c2ccccc12. The van der Waals surface area contributed by atoms with Crippen LogP contribution >= 0.6 is 0 Å². The van der Waals surface area contributed by atoms with Crippen molar-refractivity contribution in [3.63, 3.8) is 0 Å². The summed E-state index contributed by atoms with van der Waals surface area (Å²) in [6.45, 7) is 0. The lowest BCUT2D eigenvalue weighted by molar-refractivity contribution is -0.138. The second-order valence-electron chi connectivity index (χ2n) is 3.09. The number of H-pyrrole nitrogens is 1. The van der Waals surface area contributed by atoms with Crippen molar-refractivity contribution in [2.24, 2.45) is 5.73 Å². The molecule has 0 aliphatic carbocycles. The van der Waals surface area contributed by atoms with E-state index in [0.717, 1.165) is 0 Å². The van der Waals surface area contributed by atoms with Crippen LogP contribution in [0.15, 0.2) is 30.5 Å². The number of hydrogen-bond acceptors (Lipinski definition) is 2. The number of hydrogen-bond donors (Lipinski definition) is 3. The van der Waals surface area contributed by atoms with Gasteiger partial charge < -0.3 is 15.8 Å². The maximum absolute atomic E-state index is 10.9. The Morgan fingerprint density at radius 1 is 1.67 bits per heavy atom. The summed E-state index contributed by atoms with van der Waals surface area (Å²) in [6, 6.07) is 4.11. The summed E-state index contributed by atoms with van der Waals surface area (Å²) in [5, 5.41) is 9.40. The van der Waals surface area contributed by atoms with Gasteiger partial charge in [0, 0.05) is 26.2 Å². The maximum atomic E-state index is 10.9. The van der Waals surface area contributed by atoms with Crippen molar-refractivity contribution in [3.8, 4) is 0 Å². The van der Waals surface area contributed by atoms with Crippen molar-refractivity contribution in [2.45, 2.75) is 12.4 Å². The molecule has 4 N–H and O–H groups in total. The Balaban J connectivity index is 2.64. The van der Waals surface area contributed by atoms with E-state index in [1.807, 2.05) is 0 Å². The second-order valence-corrected chi connectivity index (χ2v) is 3.09. The zero-order valence-electron chi connectivity index (χ0n) is 10.8. The van der Waals surface area contributed by atoms with Crippen LogP contribution in [0.4, 0.5) is 0 Å². The fourth-order valence-electron chi connectivity index (χ4n) is 1.37. The summed E-state index contributed by atoms with van der Waals surface area (Å²) in [5.41, 5.74) is 6.03. The highest BCUT2D eigenvalue weighted by Gasteiger charge is 2.14. The quantitative estimate of drug-likeness (QED) is 0.661. The largest absolute Gasteiger partial charge is 0.480 e. The number of nitrogens with one attached hydrogen (secondary N) is 1. The van der Waals surface area contributed by atoms with E-state index in [4.69, 9.17) is 15.0 Å². The zero-order chi connectivity index (χ0) is 13.6. The number of nitrogens with two attached hydrogens (primary N) is 1. The molecule has 2 aromatic rings. The minimum Gasteiger partial charge on any atom is -0.480 e. The molecule has 2 rings (SSSR count). The predicted molar refractivity (Wildman–Crippen MR) is 57.6 cm³/mol. The number of para-hydroxylation sites is 1. The average molecular weight is 208 g/mol. The van der Waals surface area contributed by atoms with Crippen molar-refractivity contribution in [3.05, 3.63) is 36.0 Å². The summed E-state index contributed by atoms with van der Waals surface area (Å²) >= 11 is 0. The van der Waals surface area contributed by atoms with Crippen molar-refractivity contribution in [1.82, 2.24) is 4.98 Å². The molecule has 0 radical (unpaired) electrons. The van der Waals surface area contributed by atoms with Gasteiger partial charge in [0.1, 0.15) is 6.02 Å². The molecule has 1 heterocycles. The highest BCUT2D eigenvalue weighted by molar-refractivity contribution is 5.84. The van der Waals surface area contributed by atoms with Gasteiger partial charge in [0.15, 0.2) is 0 Å². The number of rotatable bonds is 3. The van der Waals surface area contributed by atoms with Gasteiger partial charge in [0.25, 0.3) is 0 Å². The van der Waals surface area contributed by atoms with Gasteiger partial charge in [-0.3, -0.25) is 4.79 Å². The molecular weight excluding hydrogens is 193 g/mol. The summed E-state index contributed by atoms with van der Waals surface area (Å²) in [6.07, 6.45) is -1.16. The monoisotopic (exact) mass is 208 g/mol. The van der Waals surface area contributed by atoms with Gasteiger partial charge >= 0.3 is 5.97 Å². The topological polar surface area (TPSA) is 79.1 Å². The molecule has 0 bridgehead atoms. The van der Waals surface area contributed by atoms with Crippen LogP contribution in [0.5, 0.6) is 0 Å². The van der Waals surface area contributed by atoms with Gasteiger partial charge in [0.05, 0.1) is 1.37 Å². The van der Waals surface area contributed by atoms with Crippen LogP contribution in [0.1, 0.15) is 9.68 Å². The Bertz CT molecular complexity index is 607. The molecule has 4 heteroatoms. The van der Waals surface area contributed by atoms with Crippen molar-refractivity contribution in [1.29, 1.82) is 0 Å². The van der Waals surface area contributed by atoms with Gasteiger partial charge in [-0.15, -0.1) is 0 Å². The minimum atomic E-state index is -2.75. The van der Waals surface area contributed by atoms with Crippen molar-refractivity contribution < 1.29 is 14.0 Å². The van der Waals surface area contributed by atoms with E-state index in [-0.39, 0.29) is 5.56 Å². The molecule has 0 unspecified atom stereocenters. The molecule has 4 nitrogen and oxygen atoms in total. The van der Waals surface area contributed by atoms with Gasteiger partial charge in [-0.25, -0.2) is 0 Å². The molecule has 1 atom stereocenters. The smallest absolute Gasteiger partial charge is 0.320 e. The first-order chi connectivity index (χ1) is 8.28. The van der Waals surface area contributed by atoms with Gasteiger partial charge in [-0.1, -0.05) is 18.2 Å². The maximum Gasteiger partial charge on any atom is 0.320 e. The standard InChI is InChI=1S/C11H12N2O2/c12-9(11(14)15)5-7-6-13-10-4-2-1-3-8(7)10/h1-4,6,9,13H,5,12H2,(H,14,15)/t9-/m0/s1/i5+1D2,9D. The van der Waals surface area contributed by atoms with Crippen LogP contribution in [-0.4, -0.2) is 22.1 Å². The number of carboxylic acids is 1. The lowest BCUT2D eigenvalue weighted by Crippen LogP contribution is -2.32. The third kappa shape index (κ3) is 1.85. The van der Waals surface area contributed by atoms with E-state index in [9.17, 15) is 4.79 Å². The van der Waals surface area contributed by atoms with E-state index in [0.29, 0.717) is 10.9 Å². The molecule has 0 saturated carbocycles. The number of aromatic amines is 1. The van der Waals surface area contributed by atoms with Crippen LogP contribution in [0.25, 0.3) is 10.9 Å². The van der Waals surface area contributed by atoms with E-state index in [2.05, 4.69) is 4.98 Å². The number of carboxylic acid groups (broad SMARTS) is 1. The highest BCUT2D eigenvalue weighted by atomic mass is 16.4. The first-order valence-corrected chi connectivity index (χ1v) is 4.37. The van der Waals surface area contributed by atoms with E-state index >= 15 is 0 Å². The summed E-state index contributed by atoms with van der Waals surface area (Å²) < 4.78 is 23.2. The second kappa shape index (κ2) is 3.74. The number of benzene rings is 1. The van der Waals surface area contributed by atoms with Gasteiger partial charge in [-0.05, 0) is 11.6 Å². The highest BCUT2D eigenvalue weighted by Crippen LogP contribution is 2.18. The number of carbonyl (C=O) groups is 1. The first kappa shape index (κ1) is 6.63. The van der Waals surface area contributed by atoms with E-state index in [1.165, 1.54) is 6.20 Å². The number of aliphatic carboxylic acids is 1. The van der Waals surface area contributed by atoms with Crippen molar-refractivity contribution in [2.75, 3.05) is 0 Å². The summed E-state index contributed by atoms with van der Waals surface area (Å²) in [7, 11) is 0. The van der Waals surface area contributed by atoms with E-state index < -0.39 is 18.4 Å². The molecule has 0 saturated heterocycles. The molecule has 1 aromatic carbocycles. The molecule has 0 fully saturated rings. The molecule has 0 aliphatic rings. The fourth-order valence-corrected chi connectivity index (χ4v) is 1.37. The zero-order valence-corrected chi connectivity index (χ0v) is 7.82. The van der Waals surface area contributed by atoms with Crippen LogP contribution in [0.2, 0.25) is 0 Å². The number of aromatic nitrogens is 1. The molecule has 1 aromatic heterocycles. The van der Waals surface area contributed by atoms with Crippen LogP contribution in [0, 0.1) is 0 Å². The summed E-state index contributed by atoms with van der Waals surface area (Å²) in [5.74, 6) is -1.71. The Kier molecular flexibility index (Phi) is 1.66. The fraction of sp³-hybridized carbons (Fsp3) is 0.182. The normalized spacial score (nSPS) is 18.9. The molecule has 78 valence electrons. The lowest BCUT2D eigenvalue weighted by atomic mass is 10.2. The van der Waals surface area contributed by atoms with Crippen LogP contribution in [-0.2, 0) is 11.2 Å². The van der Waals surface area contributed by atoms with Gasteiger partial charge in [-0.2, -0.15) is 0 Å². The number of fused-ring (bicyclic) bond motifs is 1. The Morgan fingerprint density at radius 2 is 2.40 bits per heavy atom. The first-order valence-electron chi connectivity index (χ1n) is 5.87. The molecule has 0 amide bonds. The molecule has 0 aliphatic heterocycles. The Labute approximate surface area is 90.9 Å². The predicted octanol–water partition coefficient (Wildman–Crippen LogP) is 1.12. The van der Waals surface area contributed by atoms with Gasteiger partial charge in [0.2, 0.25) is 0 Å². The Hall–Kier alpha value is -1.81. The van der Waals surface area contributed by atoms with Crippen LogP contribution in [0.3, 0.4) is 0 Å². The van der Waals surface area contributed by atoms with Crippen molar-refractivity contribution >= 4 is 16.9 Å². The van der Waals surface area contributed by atoms with Crippen LogP contribution < -0.4 is 5.73 Å². The minimum absolute atomic E-state index is 0.0676.